The number of hydrogen-bond acceptors (Lipinski definition) is 7. The van der Waals surface area contributed by atoms with Crippen LogP contribution in [0.4, 0.5) is 0 Å². The fraction of sp³-hybridized carbons (Fsp3) is 0.577. The predicted octanol–water partition coefficient (Wildman–Crippen LogP) is 4.76. The Bertz CT molecular complexity index is 1270. The van der Waals surface area contributed by atoms with Gasteiger partial charge in [-0.05, 0) is 63.3 Å². The Morgan fingerprint density at radius 1 is 1.08 bits per heavy atom. The first-order chi connectivity index (χ1) is 16.7. The molecule has 1 saturated heterocycles. The smallest absolute Gasteiger partial charge is 0.308 e. The summed E-state index contributed by atoms with van der Waals surface area (Å²) in [7, 11) is -7.49. The normalized spacial score (nSPS) is 21.1. The summed E-state index contributed by atoms with van der Waals surface area (Å²) in [5.74, 6) is -1.00. The fourth-order valence-electron chi connectivity index (χ4n) is 4.47. The van der Waals surface area contributed by atoms with Gasteiger partial charge >= 0.3 is 5.97 Å². The van der Waals surface area contributed by atoms with Gasteiger partial charge in [0.15, 0.2) is 9.84 Å². The van der Waals surface area contributed by atoms with Crippen molar-refractivity contribution in [2.75, 3.05) is 24.6 Å². The van der Waals surface area contributed by atoms with Crippen molar-refractivity contribution in [1.29, 1.82) is 0 Å². The van der Waals surface area contributed by atoms with Crippen molar-refractivity contribution in [3.8, 4) is 10.4 Å². The lowest BCUT2D eigenvalue weighted by Crippen LogP contribution is -2.40. The first-order valence-electron chi connectivity index (χ1n) is 12.3. The van der Waals surface area contributed by atoms with Gasteiger partial charge in [-0.25, -0.2) is 21.1 Å². The first kappa shape index (κ1) is 28.8. The van der Waals surface area contributed by atoms with Crippen molar-refractivity contribution in [3.63, 3.8) is 0 Å². The van der Waals surface area contributed by atoms with E-state index in [9.17, 15) is 21.6 Å². The van der Waals surface area contributed by atoms with Crippen molar-refractivity contribution in [1.82, 2.24) is 4.31 Å². The Hall–Kier alpha value is -1.75. The average Bonchev–Trinajstić information content (AvgIpc) is 3.22. The van der Waals surface area contributed by atoms with Crippen LogP contribution in [0.1, 0.15) is 64.3 Å². The van der Waals surface area contributed by atoms with E-state index < -0.39 is 36.2 Å². The lowest BCUT2D eigenvalue weighted by molar-refractivity contribution is -0.155. The number of carbonyl (C=O) groups excluding carboxylic acids is 1. The van der Waals surface area contributed by atoms with Crippen LogP contribution in [-0.2, 0) is 40.6 Å². The Labute approximate surface area is 219 Å². The van der Waals surface area contributed by atoms with E-state index in [1.54, 1.807) is 33.8 Å². The second-order valence-corrected chi connectivity index (χ2v) is 15.8. The molecule has 3 rings (SSSR count). The molecule has 1 aromatic carbocycles. The number of sulfone groups is 1. The van der Waals surface area contributed by atoms with Gasteiger partial charge in [0, 0.05) is 22.8 Å². The molecule has 2 aromatic rings. The van der Waals surface area contributed by atoms with Crippen molar-refractivity contribution >= 4 is 37.2 Å². The number of carbonyl (C=O) groups is 1. The van der Waals surface area contributed by atoms with Crippen LogP contribution in [0.15, 0.2) is 36.4 Å². The number of ether oxygens (including phenoxy) is 1. The third-order valence-electron chi connectivity index (χ3n) is 6.38. The van der Waals surface area contributed by atoms with Crippen molar-refractivity contribution in [3.05, 3.63) is 46.8 Å². The van der Waals surface area contributed by atoms with E-state index >= 15 is 0 Å². The molecule has 0 aliphatic carbocycles. The molecule has 0 radical (unpaired) electrons. The number of esters is 1. The van der Waals surface area contributed by atoms with E-state index in [-0.39, 0.29) is 37.4 Å². The number of hydrogen-bond donors (Lipinski definition) is 0. The van der Waals surface area contributed by atoms with Crippen LogP contribution in [-0.4, -0.2) is 57.3 Å². The van der Waals surface area contributed by atoms with Crippen molar-refractivity contribution in [2.24, 2.45) is 0 Å². The van der Waals surface area contributed by atoms with Crippen LogP contribution >= 0.6 is 11.3 Å². The van der Waals surface area contributed by atoms with Gasteiger partial charge < -0.3 is 4.74 Å². The third kappa shape index (κ3) is 6.38. The van der Waals surface area contributed by atoms with Crippen LogP contribution in [0.2, 0.25) is 0 Å². The van der Waals surface area contributed by atoms with Gasteiger partial charge in [-0.15, -0.1) is 11.3 Å². The van der Waals surface area contributed by atoms with E-state index in [1.165, 1.54) is 21.2 Å². The molecule has 0 unspecified atom stereocenters. The number of nitrogens with zero attached hydrogens (tertiary/aromatic N) is 1. The van der Waals surface area contributed by atoms with Gasteiger partial charge in [0.1, 0.15) is 10.3 Å². The standard InChI is InChI=1S/C26H37NO6S3/c1-6-17-36(31,32)27-15-14-26(35(29,30)18-16-27,19-24(28)33-25(3,4)5)23-13-12-22(34-23)21-10-8-20(7-2)9-11-21/h8-13H,6-7,14-19H2,1-5H3/t26-/m0/s1. The predicted molar refractivity (Wildman–Crippen MR) is 145 cm³/mol. The summed E-state index contributed by atoms with van der Waals surface area (Å²) in [5, 5.41) is 0. The second kappa shape index (κ2) is 10.9. The van der Waals surface area contributed by atoms with Crippen molar-refractivity contribution < 1.29 is 26.4 Å². The summed E-state index contributed by atoms with van der Waals surface area (Å²) in [5.41, 5.74) is 1.40. The Morgan fingerprint density at radius 3 is 2.33 bits per heavy atom. The average molecular weight is 556 g/mol. The van der Waals surface area contributed by atoms with E-state index in [1.807, 2.05) is 30.3 Å². The summed E-state index contributed by atoms with van der Waals surface area (Å²) in [6, 6.07) is 11.8. The molecule has 1 aromatic heterocycles. The van der Waals surface area contributed by atoms with Crippen LogP contribution in [0, 0.1) is 0 Å². The summed E-state index contributed by atoms with van der Waals surface area (Å²) in [6.07, 6.45) is 1.000. The number of aryl methyl sites for hydroxylation is 1. The zero-order chi connectivity index (χ0) is 26.8. The molecule has 36 heavy (non-hydrogen) atoms. The topological polar surface area (TPSA) is 97.8 Å². The highest BCUT2D eigenvalue weighted by Gasteiger charge is 2.51. The zero-order valence-electron chi connectivity index (χ0n) is 21.7. The largest absolute Gasteiger partial charge is 0.460 e. The maximum absolute atomic E-state index is 13.9. The molecular weight excluding hydrogens is 518 g/mol. The third-order valence-corrected chi connectivity index (χ3v) is 12.4. The molecule has 0 spiro atoms. The molecule has 1 aliphatic heterocycles. The minimum Gasteiger partial charge on any atom is -0.460 e. The summed E-state index contributed by atoms with van der Waals surface area (Å²) in [6.45, 7) is 8.99. The molecule has 1 fully saturated rings. The molecule has 7 nitrogen and oxygen atoms in total. The lowest BCUT2D eigenvalue weighted by Gasteiger charge is -2.31. The maximum Gasteiger partial charge on any atom is 0.308 e. The summed E-state index contributed by atoms with van der Waals surface area (Å²) < 4.78 is 58.6. The highest BCUT2D eigenvalue weighted by Crippen LogP contribution is 2.46. The molecular formula is C26H37NO6S3. The van der Waals surface area contributed by atoms with Gasteiger partial charge in [-0.1, -0.05) is 38.1 Å². The van der Waals surface area contributed by atoms with Crippen LogP contribution in [0.5, 0.6) is 0 Å². The number of sulfonamides is 1. The highest BCUT2D eigenvalue weighted by molar-refractivity contribution is 7.92. The Kier molecular flexibility index (Phi) is 8.75. The van der Waals surface area contributed by atoms with Gasteiger partial charge in [0.05, 0.1) is 17.9 Å². The van der Waals surface area contributed by atoms with Gasteiger partial charge in [0.25, 0.3) is 0 Å². The molecule has 0 saturated carbocycles. The molecule has 10 heteroatoms. The Morgan fingerprint density at radius 2 is 1.75 bits per heavy atom. The lowest BCUT2D eigenvalue weighted by atomic mass is 9.97. The van der Waals surface area contributed by atoms with E-state index in [0.717, 1.165) is 16.9 Å². The van der Waals surface area contributed by atoms with Crippen molar-refractivity contribution in [2.45, 2.75) is 70.7 Å². The highest BCUT2D eigenvalue weighted by atomic mass is 32.2. The van der Waals surface area contributed by atoms with Crippen LogP contribution in [0.3, 0.4) is 0 Å². The van der Waals surface area contributed by atoms with Crippen LogP contribution in [0.25, 0.3) is 10.4 Å². The first-order valence-corrected chi connectivity index (χ1v) is 16.4. The van der Waals surface area contributed by atoms with E-state index in [2.05, 4.69) is 6.92 Å². The molecule has 0 N–H and O–H groups in total. The molecule has 2 heterocycles. The molecule has 1 atom stereocenters. The van der Waals surface area contributed by atoms with E-state index in [4.69, 9.17) is 4.74 Å². The number of benzene rings is 1. The summed E-state index contributed by atoms with van der Waals surface area (Å²) in [4.78, 5) is 14.5. The van der Waals surface area contributed by atoms with Gasteiger partial charge in [0.2, 0.25) is 10.0 Å². The minimum atomic E-state index is -3.91. The quantitative estimate of drug-likeness (QED) is 0.436. The molecule has 0 amide bonds. The minimum absolute atomic E-state index is 0.00769. The SMILES string of the molecule is CCCS(=O)(=O)N1CC[C@](CC(=O)OC(C)(C)C)(c2ccc(-c3ccc(CC)cc3)s2)S(=O)(=O)CC1. The van der Waals surface area contributed by atoms with Gasteiger partial charge in [-0.2, -0.15) is 0 Å². The molecule has 0 bridgehead atoms. The monoisotopic (exact) mass is 555 g/mol. The Balaban J connectivity index is 2.07. The molecule has 200 valence electrons. The number of rotatable bonds is 8. The summed E-state index contributed by atoms with van der Waals surface area (Å²) >= 11 is 1.34. The maximum atomic E-state index is 13.9. The van der Waals surface area contributed by atoms with Crippen LogP contribution < -0.4 is 0 Å². The molecule has 1 aliphatic rings. The zero-order valence-corrected chi connectivity index (χ0v) is 24.2. The van der Waals surface area contributed by atoms with E-state index in [0.29, 0.717) is 11.3 Å². The van der Waals surface area contributed by atoms with Gasteiger partial charge in [-0.3, -0.25) is 4.79 Å². The fourth-order valence-corrected chi connectivity index (χ4v) is 9.69. The number of thiophene rings is 1. The second-order valence-electron chi connectivity index (χ2n) is 10.3.